The summed E-state index contributed by atoms with van der Waals surface area (Å²) in [7, 11) is 0. The largest absolute Gasteiger partial charge is 0.320 e. The summed E-state index contributed by atoms with van der Waals surface area (Å²) in [6, 6.07) is 18.8. The molecule has 21 heavy (non-hydrogen) atoms. The molecule has 0 saturated heterocycles. The van der Waals surface area contributed by atoms with E-state index in [0.717, 1.165) is 4.47 Å². The summed E-state index contributed by atoms with van der Waals surface area (Å²) in [5.74, 6) is 0. The predicted molar refractivity (Wildman–Crippen MR) is 93.6 cm³/mol. The normalized spacial score (nSPS) is 12.6. The molecule has 3 aromatic carbocycles. The average Bonchev–Trinajstić information content (AvgIpc) is 2.50. The van der Waals surface area contributed by atoms with Crippen molar-refractivity contribution in [3.05, 3.63) is 81.3 Å². The minimum atomic E-state index is -0.108. The molecule has 1 atom stereocenters. The van der Waals surface area contributed by atoms with Crippen molar-refractivity contribution in [3.8, 4) is 0 Å². The summed E-state index contributed by atoms with van der Waals surface area (Å²) in [6.45, 7) is 4.27. The number of fused-ring (bicyclic) bond motifs is 1. The van der Waals surface area contributed by atoms with Crippen molar-refractivity contribution in [2.75, 3.05) is 0 Å². The maximum absolute atomic E-state index is 6.59. The van der Waals surface area contributed by atoms with E-state index in [1.165, 1.54) is 33.0 Å². The first-order valence-electron chi connectivity index (χ1n) is 7.08. The molecule has 1 unspecified atom stereocenters. The Balaban J connectivity index is 2.21. The number of nitrogens with two attached hydrogens (primary N) is 1. The Morgan fingerprint density at radius 1 is 0.810 bits per heavy atom. The lowest BCUT2D eigenvalue weighted by atomic mass is 9.90. The number of halogens is 1. The van der Waals surface area contributed by atoms with Crippen LogP contribution >= 0.6 is 15.9 Å². The van der Waals surface area contributed by atoms with Gasteiger partial charge in [0.25, 0.3) is 0 Å². The van der Waals surface area contributed by atoms with E-state index in [1.54, 1.807) is 0 Å². The predicted octanol–water partition coefficient (Wildman–Crippen LogP) is 5.27. The highest BCUT2D eigenvalue weighted by Crippen LogP contribution is 2.33. The van der Waals surface area contributed by atoms with E-state index < -0.39 is 0 Å². The molecule has 0 aromatic heterocycles. The van der Waals surface area contributed by atoms with Crippen molar-refractivity contribution >= 4 is 26.7 Å². The van der Waals surface area contributed by atoms with Crippen molar-refractivity contribution in [3.63, 3.8) is 0 Å². The van der Waals surface area contributed by atoms with Gasteiger partial charge in [0.05, 0.1) is 6.04 Å². The number of hydrogen-bond acceptors (Lipinski definition) is 1. The molecule has 2 heteroatoms. The molecule has 0 spiro atoms. The van der Waals surface area contributed by atoms with Crippen LogP contribution in [0.2, 0.25) is 0 Å². The van der Waals surface area contributed by atoms with Gasteiger partial charge < -0.3 is 5.73 Å². The van der Waals surface area contributed by atoms with Crippen LogP contribution in [0, 0.1) is 13.8 Å². The zero-order valence-corrected chi connectivity index (χ0v) is 13.8. The lowest BCUT2D eigenvalue weighted by molar-refractivity contribution is 0.867. The highest BCUT2D eigenvalue weighted by atomic mass is 79.9. The quantitative estimate of drug-likeness (QED) is 0.676. The van der Waals surface area contributed by atoms with Gasteiger partial charge in [-0.25, -0.2) is 0 Å². The second-order valence-electron chi connectivity index (χ2n) is 5.45. The molecule has 1 nitrogen and oxygen atoms in total. The maximum atomic E-state index is 6.59. The minimum absolute atomic E-state index is 0.108. The molecule has 0 heterocycles. The first-order chi connectivity index (χ1) is 10.1. The highest BCUT2D eigenvalue weighted by Gasteiger charge is 2.15. The summed E-state index contributed by atoms with van der Waals surface area (Å²) in [4.78, 5) is 0. The second kappa shape index (κ2) is 5.63. The molecule has 3 rings (SSSR count). The zero-order chi connectivity index (χ0) is 15.0. The van der Waals surface area contributed by atoms with Crippen LogP contribution in [-0.2, 0) is 0 Å². The lowest BCUT2D eigenvalue weighted by Crippen LogP contribution is -2.14. The molecule has 0 bridgehead atoms. The molecule has 0 amide bonds. The Labute approximate surface area is 133 Å². The Morgan fingerprint density at radius 2 is 1.52 bits per heavy atom. The number of rotatable bonds is 2. The maximum Gasteiger partial charge on any atom is 0.0560 e. The smallest absolute Gasteiger partial charge is 0.0560 e. The molecule has 0 aliphatic carbocycles. The van der Waals surface area contributed by atoms with Crippen molar-refractivity contribution in [1.82, 2.24) is 0 Å². The fourth-order valence-electron chi connectivity index (χ4n) is 2.84. The van der Waals surface area contributed by atoms with Gasteiger partial charge in [-0.1, -0.05) is 64.5 Å². The molecule has 0 aliphatic heterocycles. The summed E-state index contributed by atoms with van der Waals surface area (Å²) < 4.78 is 1.11. The monoisotopic (exact) mass is 339 g/mol. The molecule has 0 fully saturated rings. The van der Waals surface area contributed by atoms with Crippen LogP contribution in [0.5, 0.6) is 0 Å². The summed E-state index contributed by atoms with van der Waals surface area (Å²) in [5, 5.41) is 2.41. The van der Waals surface area contributed by atoms with Gasteiger partial charge in [0, 0.05) is 4.47 Å². The molecule has 2 N–H and O–H groups in total. The lowest BCUT2D eigenvalue weighted by Gasteiger charge is -2.19. The van der Waals surface area contributed by atoms with Crippen molar-refractivity contribution in [2.24, 2.45) is 5.73 Å². The Hall–Kier alpha value is -1.64. The summed E-state index contributed by atoms with van der Waals surface area (Å²) in [5.41, 5.74) is 11.5. The topological polar surface area (TPSA) is 26.0 Å². The Bertz CT molecular complexity index is 808. The van der Waals surface area contributed by atoms with Gasteiger partial charge >= 0.3 is 0 Å². The fraction of sp³-hybridized carbons (Fsp3) is 0.158. The van der Waals surface area contributed by atoms with Gasteiger partial charge in [-0.2, -0.15) is 0 Å². The molecule has 0 saturated carbocycles. The van der Waals surface area contributed by atoms with Gasteiger partial charge in [0.2, 0.25) is 0 Å². The Morgan fingerprint density at radius 3 is 2.29 bits per heavy atom. The zero-order valence-electron chi connectivity index (χ0n) is 12.2. The van der Waals surface area contributed by atoms with Crippen LogP contribution in [0.15, 0.2) is 59.1 Å². The molecule has 106 valence electrons. The van der Waals surface area contributed by atoms with Crippen LogP contribution in [0.3, 0.4) is 0 Å². The first kappa shape index (κ1) is 14.3. The molecule has 3 aromatic rings. The second-order valence-corrected chi connectivity index (χ2v) is 6.30. The molecule has 0 radical (unpaired) electrons. The van der Waals surface area contributed by atoms with Gasteiger partial charge in [0.15, 0.2) is 0 Å². The van der Waals surface area contributed by atoms with Crippen molar-refractivity contribution in [2.45, 2.75) is 19.9 Å². The van der Waals surface area contributed by atoms with Gasteiger partial charge in [-0.05, 0) is 52.9 Å². The molecular weight excluding hydrogens is 322 g/mol. The van der Waals surface area contributed by atoms with Crippen LogP contribution in [-0.4, -0.2) is 0 Å². The standard InChI is InChI=1S/C19H18BrN/c1-12-6-5-9-14(13(12)2)19(21)17-10-11-18(20)16-8-4-3-7-15(16)17/h3-11,19H,21H2,1-2H3. The van der Waals surface area contributed by atoms with Crippen LogP contribution in [0.4, 0.5) is 0 Å². The number of aryl methyl sites for hydroxylation is 1. The summed E-state index contributed by atoms with van der Waals surface area (Å²) >= 11 is 3.62. The SMILES string of the molecule is Cc1cccc(C(N)c2ccc(Br)c3ccccc23)c1C. The van der Waals surface area contributed by atoms with E-state index in [0.29, 0.717) is 0 Å². The van der Waals surface area contributed by atoms with E-state index in [4.69, 9.17) is 5.73 Å². The third kappa shape index (κ3) is 2.50. The van der Waals surface area contributed by atoms with Gasteiger partial charge in [0.1, 0.15) is 0 Å². The summed E-state index contributed by atoms with van der Waals surface area (Å²) in [6.07, 6.45) is 0. The van der Waals surface area contributed by atoms with Crippen LogP contribution in [0.25, 0.3) is 10.8 Å². The minimum Gasteiger partial charge on any atom is -0.320 e. The van der Waals surface area contributed by atoms with E-state index in [-0.39, 0.29) is 6.04 Å². The van der Waals surface area contributed by atoms with E-state index in [1.807, 2.05) is 0 Å². The van der Waals surface area contributed by atoms with Crippen LogP contribution in [0.1, 0.15) is 28.3 Å². The molecule has 0 aliphatic rings. The van der Waals surface area contributed by atoms with Crippen LogP contribution < -0.4 is 5.73 Å². The van der Waals surface area contributed by atoms with E-state index in [2.05, 4.69) is 84.4 Å². The van der Waals surface area contributed by atoms with E-state index in [9.17, 15) is 0 Å². The Kier molecular flexibility index (Phi) is 3.83. The van der Waals surface area contributed by atoms with Crippen molar-refractivity contribution < 1.29 is 0 Å². The third-order valence-corrected chi connectivity index (χ3v) is 4.91. The number of hydrogen-bond donors (Lipinski definition) is 1. The first-order valence-corrected chi connectivity index (χ1v) is 7.87. The van der Waals surface area contributed by atoms with Gasteiger partial charge in [-0.15, -0.1) is 0 Å². The van der Waals surface area contributed by atoms with Crippen molar-refractivity contribution in [1.29, 1.82) is 0 Å². The molecular formula is C19H18BrN. The fourth-order valence-corrected chi connectivity index (χ4v) is 3.31. The highest BCUT2D eigenvalue weighted by molar-refractivity contribution is 9.10. The number of benzene rings is 3. The third-order valence-electron chi connectivity index (χ3n) is 4.22. The van der Waals surface area contributed by atoms with E-state index >= 15 is 0 Å². The van der Waals surface area contributed by atoms with Gasteiger partial charge in [-0.3, -0.25) is 0 Å². The average molecular weight is 340 g/mol.